The molecule has 1 heterocycles. The van der Waals surface area contributed by atoms with E-state index >= 15 is 0 Å². The molecule has 0 N–H and O–H groups in total. The Balaban J connectivity index is 2.00. The van der Waals surface area contributed by atoms with E-state index in [1.165, 1.54) is 12.2 Å². The fourth-order valence-electron chi connectivity index (χ4n) is 0.390. The minimum absolute atomic E-state index is 0.947. The number of hydrogen-bond donors (Lipinski definition) is 0. The Hall–Kier alpha value is 0.0900. The molecule has 34 valence electrons. The van der Waals surface area contributed by atoms with Gasteiger partial charge in [0.2, 0.25) is 0 Å². The lowest BCUT2D eigenvalue weighted by Gasteiger charge is -1.75. The molecule has 6 heavy (non-hydrogen) atoms. The molecule has 1 atom stereocenters. The van der Waals surface area contributed by atoms with Crippen LogP contribution in [-0.4, -0.2) is 11.0 Å². The zero-order valence-corrected chi connectivity index (χ0v) is 4.50. The smallest absolute Gasteiger partial charge is 0.0173 e. The first kappa shape index (κ1) is 4.25. The minimum atomic E-state index is 0.947. The first-order valence-electron chi connectivity index (χ1n) is 2.16. The zero-order valence-electron chi connectivity index (χ0n) is 3.68. The molecular formula is C5H8S. The average molecular weight is 100 g/mol. The summed E-state index contributed by atoms with van der Waals surface area (Å²) in [6.07, 6.45) is 3.20. The average Bonchev–Trinajstić information content (AvgIpc) is 2.21. The molecule has 1 heteroatoms. The van der Waals surface area contributed by atoms with Crippen LogP contribution >= 0.6 is 11.8 Å². The fourth-order valence-corrected chi connectivity index (χ4v) is 0.934. The molecule has 1 saturated heterocycles. The maximum atomic E-state index is 3.63. The van der Waals surface area contributed by atoms with E-state index in [1.807, 2.05) is 17.8 Å². The van der Waals surface area contributed by atoms with Crippen LogP contribution in [0.4, 0.5) is 0 Å². The van der Waals surface area contributed by atoms with Crippen LogP contribution in [0.15, 0.2) is 12.7 Å². The lowest BCUT2D eigenvalue weighted by atomic mass is 10.3. The van der Waals surface area contributed by atoms with Gasteiger partial charge in [0.05, 0.1) is 0 Å². The Morgan fingerprint density at radius 3 is 2.83 bits per heavy atom. The van der Waals surface area contributed by atoms with E-state index < -0.39 is 0 Å². The second kappa shape index (κ2) is 1.69. The van der Waals surface area contributed by atoms with Gasteiger partial charge in [-0.3, -0.25) is 0 Å². The third-order valence-corrected chi connectivity index (χ3v) is 1.83. The molecule has 0 radical (unpaired) electrons. The second-order valence-electron chi connectivity index (χ2n) is 1.48. The Kier molecular flexibility index (Phi) is 1.20. The van der Waals surface area contributed by atoms with Crippen LogP contribution in [0.5, 0.6) is 0 Å². The standard InChI is InChI=1S/C5H8S/c1-2-3-5-4-6-5/h2,5H,1,3-4H2. The molecule has 0 bridgehead atoms. The van der Waals surface area contributed by atoms with Crippen molar-refractivity contribution in [2.75, 3.05) is 5.75 Å². The van der Waals surface area contributed by atoms with E-state index in [-0.39, 0.29) is 0 Å². The minimum Gasteiger partial charge on any atom is -0.156 e. The highest BCUT2D eigenvalue weighted by Crippen LogP contribution is 2.32. The van der Waals surface area contributed by atoms with Gasteiger partial charge in [-0.15, -0.1) is 6.58 Å². The molecule has 0 aromatic carbocycles. The molecule has 1 aliphatic heterocycles. The zero-order chi connectivity index (χ0) is 4.41. The molecule has 1 unspecified atom stereocenters. The maximum absolute atomic E-state index is 3.63. The summed E-state index contributed by atoms with van der Waals surface area (Å²) in [4.78, 5) is 0. The van der Waals surface area contributed by atoms with E-state index in [4.69, 9.17) is 0 Å². The van der Waals surface area contributed by atoms with Crippen molar-refractivity contribution in [3.05, 3.63) is 12.7 Å². The molecule has 0 aromatic rings. The summed E-state index contributed by atoms with van der Waals surface area (Å²) in [5, 5.41) is 0.947. The van der Waals surface area contributed by atoms with Crippen LogP contribution in [0.3, 0.4) is 0 Å². The van der Waals surface area contributed by atoms with Gasteiger partial charge in [0.15, 0.2) is 0 Å². The largest absolute Gasteiger partial charge is 0.156 e. The summed E-state index contributed by atoms with van der Waals surface area (Å²) in [6.45, 7) is 3.63. The van der Waals surface area contributed by atoms with Crippen LogP contribution in [0, 0.1) is 0 Å². The Labute approximate surface area is 42.6 Å². The van der Waals surface area contributed by atoms with Gasteiger partial charge in [-0.25, -0.2) is 0 Å². The third-order valence-electron chi connectivity index (χ3n) is 0.832. The van der Waals surface area contributed by atoms with Crippen molar-refractivity contribution < 1.29 is 0 Å². The summed E-state index contributed by atoms with van der Waals surface area (Å²) < 4.78 is 0. The van der Waals surface area contributed by atoms with Crippen LogP contribution in [0.2, 0.25) is 0 Å². The highest BCUT2D eigenvalue weighted by atomic mass is 32.2. The number of hydrogen-bond acceptors (Lipinski definition) is 1. The van der Waals surface area contributed by atoms with Gasteiger partial charge < -0.3 is 0 Å². The van der Waals surface area contributed by atoms with Crippen molar-refractivity contribution in [1.82, 2.24) is 0 Å². The topological polar surface area (TPSA) is 0 Å². The van der Waals surface area contributed by atoms with Gasteiger partial charge in [0, 0.05) is 11.0 Å². The molecule has 0 aromatic heterocycles. The monoisotopic (exact) mass is 100 g/mol. The van der Waals surface area contributed by atoms with Gasteiger partial charge in [-0.1, -0.05) is 6.08 Å². The van der Waals surface area contributed by atoms with Gasteiger partial charge in [0.1, 0.15) is 0 Å². The van der Waals surface area contributed by atoms with Crippen LogP contribution in [0.25, 0.3) is 0 Å². The highest BCUT2D eigenvalue weighted by molar-refractivity contribution is 8.06. The Morgan fingerprint density at radius 1 is 2.00 bits per heavy atom. The molecule has 0 amide bonds. The molecule has 0 aliphatic carbocycles. The highest BCUT2D eigenvalue weighted by Gasteiger charge is 2.19. The first-order valence-corrected chi connectivity index (χ1v) is 3.21. The van der Waals surface area contributed by atoms with Crippen molar-refractivity contribution >= 4 is 11.8 Å². The van der Waals surface area contributed by atoms with E-state index in [9.17, 15) is 0 Å². The van der Waals surface area contributed by atoms with Crippen molar-refractivity contribution in [2.45, 2.75) is 11.7 Å². The SMILES string of the molecule is C=CCC1CS1. The number of allylic oxidation sites excluding steroid dienone is 1. The first-order chi connectivity index (χ1) is 2.93. The molecule has 1 fully saturated rings. The lowest BCUT2D eigenvalue weighted by molar-refractivity contribution is 1.08. The molecule has 1 aliphatic rings. The summed E-state index contributed by atoms with van der Waals surface area (Å²) in [5.74, 6) is 1.37. The van der Waals surface area contributed by atoms with Crippen molar-refractivity contribution in [3.8, 4) is 0 Å². The van der Waals surface area contributed by atoms with Crippen LogP contribution in [-0.2, 0) is 0 Å². The van der Waals surface area contributed by atoms with Crippen LogP contribution < -0.4 is 0 Å². The summed E-state index contributed by atoms with van der Waals surface area (Å²) >= 11 is 2.02. The molecular weight excluding hydrogens is 92.1 g/mol. The summed E-state index contributed by atoms with van der Waals surface area (Å²) in [7, 11) is 0. The van der Waals surface area contributed by atoms with Crippen molar-refractivity contribution in [2.24, 2.45) is 0 Å². The van der Waals surface area contributed by atoms with Crippen molar-refractivity contribution in [1.29, 1.82) is 0 Å². The molecule has 1 rings (SSSR count). The Bertz CT molecular complexity index is 55.0. The normalized spacial score (nSPS) is 29.7. The predicted octanol–water partition coefficient (Wildman–Crippen LogP) is 1.68. The van der Waals surface area contributed by atoms with E-state index in [1.54, 1.807) is 0 Å². The molecule has 0 nitrogen and oxygen atoms in total. The van der Waals surface area contributed by atoms with E-state index in [0.717, 1.165) is 5.25 Å². The fraction of sp³-hybridized carbons (Fsp3) is 0.600. The van der Waals surface area contributed by atoms with E-state index in [0.29, 0.717) is 0 Å². The summed E-state index contributed by atoms with van der Waals surface area (Å²) in [6, 6.07) is 0. The van der Waals surface area contributed by atoms with Gasteiger partial charge in [-0.2, -0.15) is 11.8 Å². The van der Waals surface area contributed by atoms with Gasteiger partial charge >= 0.3 is 0 Å². The molecule has 0 saturated carbocycles. The van der Waals surface area contributed by atoms with Crippen molar-refractivity contribution in [3.63, 3.8) is 0 Å². The second-order valence-corrected chi connectivity index (χ2v) is 2.81. The predicted molar refractivity (Wildman–Crippen MR) is 31.1 cm³/mol. The summed E-state index contributed by atoms with van der Waals surface area (Å²) in [5.41, 5.74) is 0. The third kappa shape index (κ3) is 1.05. The lowest BCUT2D eigenvalue weighted by Crippen LogP contribution is -1.73. The van der Waals surface area contributed by atoms with Crippen LogP contribution in [0.1, 0.15) is 6.42 Å². The van der Waals surface area contributed by atoms with Gasteiger partial charge in [-0.05, 0) is 6.42 Å². The maximum Gasteiger partial charge on any atom is 0.0173 e. The number of thioether (sulfide) groups is 1. The Morgan fingerprint density at radius 2 is 2.67 bits per heavy atom. The van der Waals surface area contributed by atoms with E-state index in [2.05, 4.69) is 6.58 Å². The quantitative estimate of drug-likeness (QED) is 0.376. The number of rotatable bonds is 2. The van der Waals surface area contributed by atoms with Gasteiger partial charge in [0.25, 0.3) is 0 Å². The molecule has 0 spiro atoms.